The molecule has 0 bridgehead atoms. The van der Waals surface area contributed by atoms with Gasteiger partial charge in [0.15, 0.2) is 14.1 Å². The number of rotatable bonds is 9. The molecule has 0 atom stereocenters. The van der Waals surface area contributed by atoms with Gasteiger partial charge in [-0.2, -0.15) is 0 Å². The van der Waals surface area contributed by atoms with Crippen LogP contribution in [0, 0.1) is 6.92 Å². The first kappa shape index (κ1) is 28.6. The van der Waals surface area contributed by atoms with Gasteiger partial charge in [-0.05, 0) is 60.4 Å². The molecular weight excluding hydrogens is 532 g/mol. The van der Waals surface area contributed by atoms with Gasteiger partial charge in [0, 0.05) is 35.6 Å². The number of benzene rings is 3. The summed E-state index contributed by atoms with van der Waals surface area (Å²) in [4.78, 5) is 26.3. The molecule has 212 valence electrons. The molecule has 0 saturated heterocycles. The molecular formula is C34H36O6Si. The molecule has 2 heterocycles. The van der Waals surface area contributed by atoms with Crippen molar-refractivity contribution in [3.8, 4) is 16.9 Å². The summed E-state index contributed by atoms with van der Waals surface area (Å²) in [5, 5.41) is 1.56. The van der Waals surface area contributed by atoms with Crippen molar-refractivity contribution >= 4 is 36.0 Å². The van der Waals surface area contributed by atoms with Gasteiger partial charge >= 0.3 is 5.63 Å². The first-order chi connectivity index (χ1) is 19.5. The first-order valence-corrected chi connectivity index (χ1v) is 16.8. The van der Waals surface area contributed by atoms with Gasteiger partial charge in [0.1, 0.15) is 16.9 Å². The van der Waals surface area contributed by atoms with Crippen LogP contribution in [0.3, 0.4) is 0 Å². The summed E-state index contributed by atoms with van der Waals surface area (Å²) in [5.74, 6) is 0.505. The van der Waals surface area contributed by atoms with E-state index in [-0.39, 0.29) is 16.6 Å². The fourth-order valence-corrected chi connectivity index (χ4v) is 5.74. The van der Waals surface area contributed by atoms with Crippen molar-refractivity contribution in [1.82, 2.24) is 0 Å². The van der Waals surface area contributed by atoms with Gasteiger partial charge in [0.05, 0.1) is 12.0 Å². The smallest absolute Gasteiger partial charge is 0.336 e. The third-order valence-corrected chi connectivity index (χ3v) is 12.5. The summed E-state index contributed by atoms with van der Waals surface area (Å²) < 4.78 is 24.1. The zero-order chi connectivity index (χ0) is 29.4. The first-order valence-electron chi connectivity index (χ1n) is 13.9. The van der Waals surface area contributed by atoms with E-state index in [1.165, 1.54) is 6.07 Å². The lowest BCUT2D eigenvalue weighted by atomic mass is 9.96. The maximum atomic E-state index is 14.0. The molecule has 0 aliphatic heterocycles. The van der Waals surface area contributed by atoms with Crippen molar-refractivity contribution in [3.05, 3.63) is 100 Å². The molecule has 0 radical (unpaired) electrons. The van der Waals surface area contributed by atoms with E-state index in [2.05, 4.69) is 33.9 Å². The zero-order valence-corrected chi connectivity index (χ0v) is 25.5. The standard InChI is InChI=1S/C34H36O6Si/c1-22-20-28(35)40-32-26(22)16-17-27-30(32)29(23-12-8-7-9-13-23)33(39-27)31(36)24-14-10-15-25(21-24)37-18-11-19-38-41(5,6)34(2,3)4/h7-10,12-17,20-21H,11,18-19H2,1-6H3. The number of carbonyl (C=O) groups excluding carboxylic acids is 1. The number of aryl methyl sites for hydroxylation is 1. The average Bonchev–Trinajstić information content (AvgIpc) is 3.32. The SMILES string of the molecule is Cc1cc(=O)oc2c1ccc1oc(C(=O)c3cccc(OCCCO[Si](C)(C)C(C)(C)C)c3)c(-c3ccccc3)c12. The van der Waals surface area contributed by atoms with E-state index in [9.17, 15) is 9.59 Å². The molecule has 0 saturated carbocycles. The Morgan fingerprint density at radius 1 is 0.902 bits per heavy atom. The normalized spacial score (nSPS) is 12.2. The molecule has 7 heteroatoms. The van der Waals surface area contributed by atoms with Gasteiger partial charge < -0.3 is 18.0 Å². The van der Waals surface area contributed by atoms with Gasteiger partial charge in [-0.3, -0.25) is 4.79 Å². The number of hydrogen-bond donors (Lipinski definition) is 0. The minimum Gasteiger partial charge on any atom is -0.493 e. The molecule has 0 aliphatic rings. The molecule has 2 aromatic heterocycles. The van der Waals surface area contributed by atoms with Crippen LogP contribution in [0.2, 0.25) is 18.1 Å². The number of fused-ring (bicyclic) bond motifs is 3. The highest BCUT2D eigenvalue weighted by Crippen LogP contribution is 2.40. The Morgan fingerprint density at radius 3 is 2.39 bits per heavy atom. The van der Waals surface area contributed by atoms with E-state index >= 15 is 0 Å². The lowest BCUT2D eigenvalue weighted by molar-refractivity contribution is 0.101. The van der Waals surface area contributed by atoms with Crippen molar-refractivity contribution in [1.29, 1.82) is 0 Å². The van der Waals surface area contributed by atoms with Crippen LogP contribution in [0.25, 0.3) is 33.1 Å². The largest absolute Gasteiger partial charge is 0.493 e. The van der Waals surface area contributed by atoms with Crippen molar-refractivity contribution in [2.24, 2.45) is 0 Å². The van der Waals surface area contributed by atoms with Crippen molar-refractivity contribution in [2.75, 3.05) is 13.2 Å². The average molecular weight is 569 g/mol. The molecule has 41 heavy (non-hydrogen) atoms. The Morgan fingerprint density at radius 2 is 1.66 bits per heavy atom. The number of carbonyl (C=O) groups is 1. The molecule has 0 aliphatic carbocycles. The minimum atomic E-state index is -1.80. The predicted octanol–water partition coefficient (Wildman–Crippen LogP) is 8.54. The predicted molar refractivity (Wildman–Crippen MR) is 166 cm³/mol. The second-order valence-electron chi connectivity index (χ2n) is 11.9. The Kier molecular flexibility index (Phi) is 7.77. The van der Waals surface area contributed by atoms with Gasteiger partial charge in [-0.25, -0.2) is 4.79 Å². The van der Waals surface area contributed by atoms with Gasteiger partial charge in [0.2, 0.25) is 5.78 Å². The summed E-state index contributed by atoms with van der Waals surface area (Å²) in [7, 11) is -1.80. The molecule has 6 nitrogen and oxygen atoms in total. The summed E-state index contributed by atoms with van der Waals surface area (Å²) in [6.07, 6.45) is 0.754. The zero-order valence-electron chi connectivity index (χ0n) is 24.5. The highest BCUT2D eigenvalue weighted by atomic mass is 28.4. The maximum Gasteiger partial charge on any atom is 0.336 e. The third kappa shape index (κ3) is 5.78. The summed E-state index contributed by atoms with van der Waals surface area (Å²) >= 11 is 0. The summed E-state index contributed by atoms with van der Waals surface area (Å²) in [6, 6.07) is 21.8. The molecule has 5 aromatic rings. The number of hydrogen-bond acceptors (Lipinski definition) is 6. The highest BCUT2D eigenvalue weighted by molar-refractivity contribution is 6.74. The van der Waals surface area contributed by atoms with E-state index in [0.29, 0.717) is 46.6 Å². The van der Waals surface area contributed by atoms with Gasteiger partial charge in [-0.15, -0.1) is 0 Å². The van der Waals surface area contributed by atoms with Crippen LogP contribution in [0.15, 0.2) is 86.4 Å². The molecule has 0 spiro atoms. The van der Waals surface area contributed by atoms with Crippen molar-refractivity contribution < 1.29 is 22.8 Å². The number of furan rings is 1. The van der Waals surface area contributed by atoms with Crippen LogP contribution in [0.5, 0.6) is 5.75 Å². The topological polar surface area (TPSA) is 78.9 Å². The minimum absolute atomic E-state index is 0.161. The van der Waals surface area contributed by atoms with Crippen LogP contribution in [0.4, 0.5) is 0 Å². The monoisotopic (exact) mass is 568 g/mol. The summed E-state index contributed by atoms with van der Waals surface area (Å²) in [6.45, 7) is 14.1. The molecule has 0 fully saturated rings. The van der Waals surface area contributed by atoms with Gasteiger partial charge in [-0.1, -0.05) is 63.2 Å². The van der Waals surface area contributed by atoms with Crippen LogP contribution in [-0.4, -0.2) is 27.3 Å². The van der Waals surface area contributed by atoms with Crippen LogP contribution in [0.1, 0.15) is 48.9 Å². The Hall–Kier alpha value is -3.94. The molecule has 3 aromatic carbocycles. The molecule has 5 rings (SSSR count). The molecule has 0 amide bonds. The number of ether oxygens (including phenoxy) is 1. The van der Waals surface area contributed by atoms with Crippen LogP contribution in [-0.2, 0) is 4.43 Å². The van der Waals surface area contributed by atoms with E-state index in [0.717, 1.165) is 22.9 Å². The Balaban J connectivity index is 1.46. The van der Waals surface area contributed by atoms with Crippen molar-refractivity contribution in [2.45, 2.75) is 52.2 Å². The Labute approximate surface area is 241 Å². The summed E-state index contributed by atoms with van der Waals surface area (Å²) in [5.41, 5.74) is 3.06. The molecule has 0 unspecified atom stereocenters. The van der Waals surface area contributed by atoms with E-state index in [4.69, 9.17) is 18.0 Å². The van der Waals surface area contributed by atoms with E-state index < -0.39 is 13.9 Å². The lowest BCUT2D eigenvalue weighted by Crippen LogP contribution is -2.41. The van der Waals surface area contributed by atoms with Gasteiger partial charge in [0.25, 0.3) is 0 Å². The van der Waals surface area contributed by atoms with Crippen molar-refractivity contribution in [3.63, 3.8) is 0 Å². The highest BCUT2D eigenvalue weighted by Gasteiger charge is 2.36. The van der Waals surface area contributed by atoms with Crippen LogP contribution < -0.4 is 10.4 Å². The quantitative estimate of drug-likeness (QED) is 0.0767. The Bertz CT molecular complexity index is 1770. The third-order valence-electron chi connectivity index (χ3n) is 7.96. The second-order valence-corrected chi connectivity index (χ2v) is 16.7. The fourth-order valence-electron chi connectivity index (χ4n) is 4.65. The number of ketones is 1. The van der Waals surface area contributed by atoms with Crippen LogP contribution >= 0.6 is 0 Å². The molecule has 0 N–H and O–H groups in total. The lowest BCUT2D eigenvalue weighted by Gasteiger charge is -2.36. The van der Waals surface area contributed by atoms with E-state index in [1.807, 2.05) is 55.5 Å². The fraction of sp³-hybridized carbons (Fsp3) is 0.294. The second kappa shape index (κ2) is 11.1. The van der Waals surface area contributed by atoms with E-state index in [1.54, 1.807) is 18.2 Å². The maximum absolute atomic E-state index is 14.0.